The van der Waals surface area contributed by atoms with Gasteiger partial charge in [-0.05, 0) is 74.9 Å². The number of anilines is 2. The SMILES string of the molecule is COc1ccc(NC(=O)C2(C)CCC(N3Cc4c(C)ccc(OC)c4NC3=O)CC2)cc1C. The summed E-state index contributed by atoms with van der Waals surface area (Å²) in [6.07, 6.45) is 3.04. The van der Waals surface area contributed by atoms with Crippen molar-refractivity contribution in [3.8, 4) is 11.5 Å². The molecule has 2 aromatic rings. The van der Waals surface area contributed by atoms with Crippen molar-refractivity contribution in [3.63, 3.8) is 0 Å². The summed E-state index contributed by atoms with van der Waals surface area (Å²) in [4.78, 5) is 28.0. The molecule has 33 heavy (non-hydrogen) atoms. The summed E-state index contributed by atoms with van der Waals surface area (Å²) in [6, 6.07) is 9.58. The molecule has 1 aliphatic heterocycles. The summed E-state index contributed by atoms with van der Waals surface area (Å²) in [5.74, 6) is 1.51. The van der Waals surface area contributed by atoms with E-state index in [1.165, 1.54) is 0 Å². The maximum absolute atomic E-state index is 13.1. The lowest BCUT2D eigenvalue weighted by Crippen LogP contribution is -2.49. The van der Waals surface area contributed by atoms with Gasteiger partial charge >= 0.3 is 6.03 Å². The van der Waals surface area contributed by atoms with Gasteiger partial charge in [0.2, 0.25) is 5.91 Å². The second kappa shape index (κ2) is 8.96. The lowest BCUT2D eigenvalue weighted by molar-refractivity contribution is -0.126. The molecule has 1 saturated carbocycles. The van der Waals surface area contributed by atoms with Crippen LogP contribution < -0.4 is 20.1 Å². The first-order chi connectivity index (χ1) is 15.8. The van der Waals surface area contributed by atoms with Gasteiger partial charge in [-0.15, -0.1) is 0 Å². The van der Waals surface area contributed by atoms with E-state index in [0.717, 1.165) is 59.5 Å². The number of carbonyl (C=O) groups is 2. The number of hydrogen-bond donors (Lipinski definition) is 2. The maximum Gasteiger partial charge on any atom is 0.322 e. The van der Waals surface area contributed by atoms with Crippen molar-refractivity contribution in [1.82, 2.24) is 4.90 Å². The zero-order valence-electron chi connectivity index (χ0n) is 20.1. The Kier molecular flexibility index (Phi) is 6.23. The highest BCUT2D eigenvalue weighted by Gasteiger charge is 2.41. The Morgan fingerprint density at radius 1 is 1.06 bits per heavy atom. The van der Waals surface area contributed by atoms with Crippen molar-refractivity contribution in [1.29, 1.82) is 0 Å². The third-order valence-corrected chi connectivity index (χ3v) is 7.25. The van der Waals surface area contributed by atoms with Gasteiger partial charge in [0.15, 0.2) is 0 Å². The fourth-order valence-corrected chi connectivity index (χ4v) is 4.97. The Morgan fingerprint density at radius 3 is 2.36 bits per heavy atom. The highest BCUT2D eigenvalue weighted by Crippen LogP contribution is 2.42. The number of carbonyl (C=O) groups excluding carboxylic acids is 2. The molecule has 7 heteroatoms. The molecule has 2 N–H and O–H groups in total. The van der Waals surface area contributed by atoms with Crippen LogP contribution in [0.1, 0.15) is 49.3 Å². The minimum atomic E-state index is -0.465. The van der Waals surface area contributed by atoms with Crippen molar-refractivity contribution in [2.45, 2.75) is 59.0 Å². The van der Waals surface area contributed by atoms with Crippen LogP contribution in [-0.2, 0) is 11.3 Å². The second-order valence-corrected chi connectivity index (χ2v) is 9.43. The van der Waals surface area contributed by atoms with Gasteiger partial charge in [0.1, 0.15) is 11.5 Å². The number of methoxy groups -OCH3 is 2. The molecule has 176 valence electrons. The molecule has 4 rings (SSSR count). The molecular formula is C26H33N3O4. The summed E-state index contributed by atoms with van der Waals surface area (Å²) in [5, 5.41) is 6.11. The minimum Gasteiger partial charge on any atom is -0.496 e. The number of hydrogen-bond acceptors (Lipinski definition) is 4. The first-order valence-corrected chi connectivity index (χ1v) is 11.5. The van der Waals surface area contributed by atoms with Gasteiger partial charge in [0.25, 0.3) is 0 Å². The van der Waals surface area contributed by atoms with E-state index in [0.29, 0.717) is 12.3 Å². The van der Waals surface area contributed by atoms with Crippen molar-refractivity contribution >= 4 is 23.3 Å². The molecule has 1 aliphatic carbocycles. The first kappa shape index (κ1) is 23.0. The number of nitrogens with one attached hydrogen (secondary N) is 2. The number of benzene rings is 2. The van der Waals surface area contributed by atoms with Gasteiger partial charge in [-0.1, -0.05) is 13.0 Å². The first-order valence-electron chi connectivity index (χ1n) is 11.5. The smallest absolute Gasteiger partial charge is 0.322 e. The van der Waals surface area contributed by atoms with Crippen LogP contribution in [0.15, 0.2) is 30.3 Å². The molecule has 7 nitrogen and oxygen atoms in total. The number of urea groups is 1. The molecule has 1 fully saturated rings. The fourth-order valence-electron chi connectivity index (χ4n) is 4.97. The Morgan fingerprint density at radius 2 is 1.73 bits per heavy atom. The number of ether oxygens (including phenoxy) is 2. The Labute approximate surface area is 195 Å². The van der Waals surface area contributed by atoms with Crippen LogP contribution in [0.5, 0.6) is 11.5 Å². The van der Waals surface area contributed by atoms with Gasteiger partial charge in [0.05, 0.1) is 26.5 Å². The van der Waals surface area contributed by atoms with Crippen LogP contribution in [0.25, 0.3) is 0 Å². The number of rotatable bonds is 5. The molecule has 3 amide bonds. The van der Waals surface area contributed by atoms with Gasteiger partial charge in [0, 0.05) is 22.7 Å². The largest absolute Gasteiger partial charge is 0.496 e. The lowest BCUT2D eigenvalue weighted by atomic mass is 9.72. The van der Waals surface area contributed by atoms with Crippen LogP contribution in [0.2, 0.25) is 0 Å². The fraction of sp³-hybridized carbons (Fsp3) is 0.462. The van der Waals surface area contributed by atoms with Crippen molar-refractivity contribution < 1.29 is 19.1 Å². The molecule has 2 aromatic carbocycles. The van der Waals surface area contributed by atoms with Crippen LogP contribution in [-0.4, -0.2) is 37.1 Å². The highest BCUT2D eigenvalue weighted by molar-refractivity contribution is 5.96. The standard InChI is InChI=1S/C26H33N3O4/c1-16-6-8-22(33-5)23-20(16)15-29(25(31)28-23)19-10-12-26(3,13-11-19)24(30)27-18-7-9-21(32-4)17(2)14-18/h6-9,14,19H,10-13,15H2,1-5H3,(H,27,30)(H,28,31). The highest BCUT2D eigenvalue weighted by atomic mass is 16.5. The van der Waals surface area contributed by atoms with E-state index in [-0.39, 0.29) is 18.0 Å². The van der Waals surface area contributed by atoms with Crippen LogP contribution in [0, 0.1) is 19.3 Å². The second-order valence-electron chi connectivity index (χ2n) is 9.43. The molecule has 0 unspecified atom stereocenters. The minimum absolute atomic E-state index is 0.0274. The summed E-state index contributed by atoms with van der Waals surface area (Å²) in [6.45, 7) is 6.59. The zero-order valence-corrected chi connectivity index (χ0v) is 20.1. The Bertz CT molecular complexity index is 1070. The number of nitrogens with zero attached hydrogens (tertiary/aromatic N) is 1. The van der Waals surface area contributed by atoms with E-state index in [1.54, 1.807) is 14.2 Å². The summed E-state index contributed by atoms with van der Waals surface area (Å²) in [5.41, 5.74) is 4.29. The quantitative estimate of drug-likeness (QED) is 0.650. The molecule has 0 bridgehead atoms. The van der Waals surface area contributed by atoms with Gasteiger partial charge in [-0.3, -0.25) is 4.79 Å². The average Bonchev–Trinajstić information content (AvgIpc) is 2.80. The number of amides is 3. The van der Waals surface area contributed by atoms with Gasteiger partial charge in [-0.2, -0.15) is 0 Å². The summed E-state index contributed by atoms with van der Waals surface area (Å²) < 4.78 is 10.7. The van der Waals surface area contributed by atoms with Crippen LogP contribution in [0.4, 0.5) is 16.2 Å². The van der Waals surface area contributed by atoms with E-state index >= 15 is 0 Å². The van der Waals surface area contributed by atoms with E-state index in [2.05, 4.69) is 17.6 Å². The average molecular weight is 452 g/mol. The van der Waals surface area contributed by atoms with E-state index in [9.17, 15) is 9.59 Å². The van der Waals surface area contributed by atoms with Crippen molar-refractivity contribution in [2.24, 2.45) is 5.41 Å². The third-order valence-electron chi connectivity index (χ3n) is 7.25. The monoisotopic (exact) mass is 451 g/mol. The molecule has 0 radical (unpaired) electrons. The predicted octanol–water partition coefficient (Wildman–Crippen LogP) is 5.26. The normalized spacial score (nSPS) is 22.3. The zero-order chi connectivity index (χ0) is 23.8. The van der Waals surface area contributed by atoms with Crippen molar-refractivity contribution in [2.75, 3.05) is 24.9 Å². The molecule has 0 spiro atoms. The lowest BCUT2D eigenvalue weighted by Gasteiger charge is -2.42. The van der Waals surface area contributed by atoms with Gasteiger partial charge in [-0.25, -0.2) is 4.79 Å². The van der Waals surface area contributed by atoms with E-state index < -0.39 is 5.41 Å². The van der Waals surface area contributed by atoms with E-state index in [1.807, 2.05) is 49.1 Å². The topological polar surface area (TPSA) is 79.9 Å². The predicted molar refractivity (Wildman–Crippen MR) is 129 cm³/mol. The molecule has 0 aromatic heterocycles. The Balaban J connectivity index is 1.42. The molecule has 2 aliphatic rings. The van der Waals surface area contributed by atoms with Crippen molar-refractivity contribution in [3.05, 3.63) is 47.0 Å². The molecule has 1 heterocycles. The molecule has 0 saturated heterocycles. The van der Waals surface area contributed by atoms with E-state index in [4.69, 9.17) is 9.47 Å². The number of fused-ring (bicyclic) bond motifs is 1. The maximum atomic E-state index is 13.1. The summed E-state index contributed by atoms with van der Waals surface area (Å²) >= 11 is 0. The van der Waals surface area contributed by atoms with Crippen LogP contribution >= 0.6 is 0 Å². The molecule has 0 atom stereocenters. The van der Waals surface area contributed by atoms with Crippen LogP contribution in [0.3, 0.4) is 0 Å². The summed E-state index contributed by atoms with van der Waals surface area (Å²) in [7, 11) is 3.25. The number of aryl methyl sites for hydroxylation is 2. The van der Waals surface area contributed by atoms with Gasteiger partial charge < -0.3 is 25.0 Å². The Hall–Kier alpha value is -3.22. The third kappa shape index (κ3) is 4.36. The molecular weight excluding hydrogens is 418 g/mol.